The molecule has 1 rings (SSSR count). The first-order valence-corrected chi connectivity index (χ1v) is 6.67. The molecular formula is C12H16BrN5. The molecule has 0 atom stereocenters. The Bertz CT molecular complexity index is 464. The summed E-state index contributed by atoms with van der Waals surface area (Å²) in [5.41, 5.74) is 2.04. The van der Waals surface area contributed by atoms with Gasteiger partial charge in [0, 0.05) is 13.1 Å². The number of hydrogen-bond acceptors (Lipinski definition) is 4. The van der Waals surface area contributed by atoms with E-state index in [-0.39, 0.29) is 13.1 Å². The van der Waals surface area contributed by atoms with Gasteiger partial charge in [-0.15, -0.1) is 0 Å². The van der Waals surface area contributed by atoms with E-state index in [4.69, 9.17) is 10.5 Å². The van der Waals surface area contributed by atoms with Crippen molar-refractivity contribution in [1.82, 2.24) is 14.7 Å². The molecule has 0 aliphatic carbocycles. The molecule has 0 N–H and O–H groups in total. The van der Waals surface area contributed by atoms with E-state index >= 15 is 0 Å². The summed E-state index contributed by atoms with van der Waals surface area (Å²) < 4.78 is 2.91. The van der Waals surface area contributed by atoms with Gasteiger partial charge in [-0.1, -0.05) is 6.92 Å². The predicted octanol–water partition coefficient (Wildman–Crippen LogP) is 2.08. The van der Waals surface area contributed by atoms with E-state index in [0.717, 1.165) is 28.8 Å². The van der Waals surface area contributed by atoms with Crippen molar-refractivity contribution in [1.29, 1.82) is 10.5 Å². The maximum absolute atomic E-state index is 8.75. The van der Waals surface area contributed by atoms with Crippen LogP contribution < -0.4 is 0 Å². The lowest BCUT2D eigenvalue weighted by molar-refractivity contribution is 0.321. The molecule has 0 aromatic carbocycles. The molecule has 5 nitrogen and oxygen atoms in total. The van der Waals surface area contributed by atoms with Crippen LogP contribution in [-0.2, 0) is 19.5 Å². The van der Waals surface area contributed by atoms with Gasteiger partial charge in [0.25, 0.3) is 0 Å². The van der Waals surface area contributed by atoms with Crippen LogP contribution >= 0.6 is 15.9 Å². The Morgan fingerprint density at radius 3 is 2.33 bits per heavy atom. The summed E-state index contributed by atoms with van der Waals surface area (Å²) in [4.78, 5) is 1.80. The number of aromatic nitrogens is 2. The van der Waals surface area contributed by atoms with Gasteiger partial charge >= 0.3 is 0 Å². The number of aryl methyl sites for hydroxylation is 2. The van der Waals surface area contributed by atoms with Gasteiger partial charge in [0.05, 0.1) is 41.1 Å². The number of nitrogens with zero attached hydrogens (tertiary/aromatic N) is 5. The van der Waals surface area contributed by atoms with Crippen molar-refractivity contribution in [2.45, 2.75) is 33.4 Å². The van der Waals surface area contributed by atoms with Gasteiger partial charge in [0.2, 0.25) is 0 Å². The van der Waals surface area contributed by atoms with E-state index in [9.17, 15) is 0 Å². The molecule has 0 bridgehead atoms. The van der Waals surface area contributed by atoms with Crippen LogP contribution in [0, 0.1) is 22.7 Å². The fourth-order valence-electron chi connectivity index (χ4n) is 1.75. The Morgan fingerprint density at radius 1 is 1.28 bits per heavy atom. The number of halogens is 1. The van der Waals surface area contributed by atoms with Gasteiger partial charge in [0.15, 0.2) is 0 Å². The molecule has 0 unspecified atom stereocenters. The molecule has 0 saturated carbocycles. The van der Waals surface area contributed by atoms with E-state index in [1.807, 2.05) is 11.6 Å². The standard InChI is InChI=1S/C12H16BrN5/c1-3-10-12(13)11(18(4-2)16-10)9-17(7-5-14)8-6-15/h3-4,7-9H2,1-2H3. The molecular weight excluding hydrogens is 294 g/mol. The lowest BCUT2D eigenvalue weighted by atomic mass is 10.3. The van der Waals surface area contributed by atoms with Crippen LogP contribution in [0.25, 0.3) is 0 Å². The van der Waals surface area contributed by atoms with E-state index in [1.54, 1.807) is 4.90 Å². The minimum atomic E-state index is 0.246. The third-order valence-corrected chi connectivity index (χ3v) is 3.57. The normalized spacial score (nSPS) is 10.3. The molecule has 96 valence electrons. The van der Waals surface area contributed by atoms with Crippen LogP contribution in [0.15, 0.2) is 4.47 Å². The Labute approximate surface area is 116 Å². The highest BCUT2D eigenvalue weighted by Crippen LogP contribution is 2.23. The molecule has 0 amide bonds. The van der Waals surface area contributed by atoms with Gasteiger partial charge < -0.3 is 0 Å². The minimum absolute atomic E-state index is 0.246. The molecule has 1 heterocycles. The molecule has 0 fully saturated rings. The number of nitriles is 2. The third-order valence-electron chi connectivity index (χ3n) is 2.66. The first kappa shape index (κ1) is 14.7. The molecule has 0 spiro atoms. The molecule has 0 radical (unpaired) electrons. The van der Waals surface area contributed by atoms with Crippen LogP contribution in [0.1, 0.15) is 25.2 Å². The van der Waals surface area contributed by atoms with Gasteiger partial charge in [-0.05, 0) is 29.3 Å². The Kier molecular flexibility index (Phi) is 5.84. The van der Waals surface area contributed by atoms with Gasteiger partial charge in [-0.3, -0.25) is 9.58 Å². The van der Waals surface area contributed by atoms with Crippen molar-refractivity contribution in [3.63, 3.8) is 0 Å². The molecule has 0 saturated heterocycles. The smallest absolute Gasteiger partial charge is 0.0877 e. The fraction of sp³-hybridized carbons (Fsp3) is 0.583. The van der Waals surface area contributed by atoms with E-state index in [1.165, 1.54) is 0 Å². The average Bonchev–Trinajstić information content (AvgIpc) is 2.67. The maximum Gasteiger partial charge on any atom is 0.0877 e. The lowest BCUT2D eigenvalue weighted by Crippen LogP contribution is -2.25. The highest BCUT2D eigenvalue weighted by Gasteiger charge is 2.16. The van der Waals surface area contributed by atoms with Gasteiger partial charge in [-0.2, -0.15) is 15.6 Å². The van der Waals surface area contributed by atoms with Crippen LogP contribution in [-0.4, -0.2) is 27.8 Å². The summed E-state index contributed by atoms with van der Waals surface area (Å²) in [7, 11) is 0. The largest absolute Gasteiger partial charge is 0.271 e. The Balaban J connectivity index is 2.98. The van der Waals surface area contributed by atoms with Crippen molar-refractivity contribution < 1.29 is 0 Å². The topological polar surface area (TPSA) is 68.6 Å². The molecule has 1 aromatic heterocycles. The minimum Gasteiger partial charge on any atom is -0.271 e. The average molecular weight is 310 g/mol. The maximum atomic E-state index is 8.75. The highest BCUT2D eigenvalue weighted by atomic mass is 79.9. The summed E-state index contributed by atoms with van der Waals surface area (Å²) >= 11 is 3.56. The van der Waals surface area contributed by atoms with E-state index < -0.39 is 0 Å². The summed E-state index contributed by atoms with van der Waals surface area (Å²) in [6.07, 6.45) is 0.858. The zero-order chi connectivity index (χ0) is 13.5. The highest BCUT2D eigenvalue weighted by molar-refractivity contribution is 9.10. The fourth-order valence-corrected chi connectivity index (χ4v) is 2.44. The molecule has 1 aromatic rings. The van der Waals surface area contributed by atoms with Crippen molar-refractivity contribution in [3.8, 4) is 12.1 Å². The molecule has 0 aliphatic rings. The summed E-state index contributed by atoms with van der Waals surface area (Å²) in [6, 6.07) is 4.16. The molecule has 0 aliphatic heterocycles. The number of rotatable bonds is 6. The summed E-state index contributed by atoms with van der Waals surface area (Å²) in [5, 5.41) is 22.0. The van der Waals surface area contributed by atoms with Crippen LogP contribution in [0.3, 0.4) is 0 Å². The molecule has 18 heavy (non-hydrogen) atoms. The third kappa shape index (κ3) is 3.32. The Morgan fingerprint density at radius 2 is 1.89 bits per heavy atom. The zero-order valence-electron chi connectivity index (χ0n) is 10.6. The second-order valence-electron chi connectivity index (χ2n) is 3.84. The SMILES string of the molecule is CCc1nn(CC)c(CN(CC#N)CC#N)c1Br. The van der Waals surface area contributed by atoms with Crippen molar-refractivity contribution >= 4 is 15.9 Å². The Hall–Kier alpha value is -1.37. The van der Waals surface area contributed by atoms with Gasteiger partial charge in [0.1, 0.15) is 0 Å². The summed E-state index contributed by atoms with van der Waals surface area (Å²) in [5.74, 6) is 0. The van der Waals surface area contributed by atoms with Crippen LogP contribution in [0.4, 0.5) is 0 Å². The first-order chi connectivity index (χ1) is 8.67. The predicted molar refractivity (Wildman–Crippen MR) is 71.5 cm³/mol. The van der Waals surface area contributed by atoms with Crippen molar-refractivity contribution in [3.05, 3.63) is 15.9 Å². The molecule has 6 heteroatoms. The monoisotopic (exact) mass is 309 g/mol. The first-order valence-electron chi connectivity index (χ1n) is 5.88. The number of hydrogen-bond donors (Lipinski definition) is 0. The van der Waals surface area contributed by atoms with Crippen molar-refractivity contribution in [2.24, 2.45) is 0 Å². The van der Waals surface area contributed by atoms with Crippen molar-refractivity contribution in [2.75, 3.05) is 13.1 Å². The van der Waals surface area contributed by atoms with Crippen LogP contribution in [0.5, 0.6) is 0 Å². The van der Waals surface area contributed by atoms with E-state index in [2.05, 4.69) is 40.1 Å². The van der Waals surface area contributed by atoms with E-state index in [0.29, 0.717) is 6.54 Å². The van der Waals surface area contributed by atoms with Crippen LogP contribution in [0.2, 0.25) is 0 Å². The quantitative estimate of drug-likeness (QED) is 0.754. The second-order valence-corrected chi connectivity index (χ2v) is 4.63. The summed E-state index contributed by atoms with van der Waals surface area (Å²) in [6.45, 7) is 5.91. The lowest BCUT2D eigenvalue weighted by Gasteiger charge is -2.16. The zero-order valence-corrected chi connectivity index (χ0v) is 12.2. The second kappa shape index (κ2) is 7.15. The van der Waals surface area contributed by atoms with Gasteiger partial charge in [-0.25, -0.2) is 0 Å².